The van der Waals surface area contributed by atoms with Gasteiger partial charge in [-0.3, -0.25) is 24.1 Å². The summed E-state index contributed by atoms with van der Waals surface area (Å²) in [5.74, 6) is -6.65. The number of alkyl halides is 2. The summed E-state index contributed by atoms with van der Waals surface area (Å²) in [5, 5.41) is 11.2. The van der Waals surface area contributed by atoms with Crippen molar-refractivity contribution >= 4 is 69.8 Å². The highest BCUT2D eigenvalue weighted by molar-refractivity contribution is 6.58. The summed E-state index contributed by atoms with van der Waals surface area (Å²) in [4.78, 5) is 54.3. The molecule has 2 heterocycles. The number of carbonyl (C=O) groups excluding carboxylic acids is 4. The van der Waals surface area contributed by atoms with Gasteiger partial charge in [0.05, 0.1) is 30.3 Å². The lowest BCUT2D eigenvalue weighted by Crippen LogP contribution is -2.60. The van der Waals surface area contributed by atoms with Crippen LogP contribution in [0.4, 0.5) is 15.8 Å². The Labute approximate surface area is 271 Å². The zero-order valence-corrected chi connectivity index (χ0v) is 25.8. The molecule has 7 rings (SSSR count). The third kappa shape index (κ3) is 4.03. The Morgan fingerprint density at radius 1 is 0.867 bits per heavy atom. The summed E-state index contributed by atoms with van der Waals surface area (Å²) in [5.41, 5.74) is 1.36. The maximum absolute atomic E-state index is 14.4. The van der Waals surface area contributed by atoms with Crippen LogP contribution >= 0.6 is 34.8 Å². The topological polar surface area (TPSA) is 104 Å². The molecule has 45 heavy (non-hydrogen) atoms. The van der Waals surface area contributed by atoms with E-state index >= 15 is 0 Å². The number of hydrogen-bond acceptors (Lipinski definition) is 6. The maximum Gasteiger partial charge on any atom is 0.258 e. The van der Waals surface area contributed by atoms with Crippen molar-refractivity contribution in [2.75, 3.05) is 16.9 Å². The van der Waals surface area contributed by atoms with Gasteiger partial charge in [-0.1, -0.05) is 29.3 Å². The summed E-state index contributed by atoms with van der Waals surface area (Å²) in [6, 6.07) is 15.6. The second-order valence-corrected chi connectivity index (χ2v) is 13.3. The molecule has 4 aliphatic rings. The van der Waals surface area contributed by atoms with Crippen molar-refractivity contribution in [2.45, 2.75) is 28.5 Å². The molecule has 3 aromatic rings. The van der Waals surface area contributed by atoms with Gasteiger partial charge in [0.15, 0.2) is 21.2 Å². The summed E-state index contributed by atoms with van der Waals surface area (Å²) in [6.07, 6.45) is 1.75. The van der Waals surface area contributed by atoms with Gasteiger partial charge in [0.1, 0.15) is 5.82 Å². The fourth-order valence-corrected chi connectivity index (χ4v) is 8.56. The lowest BCUT2D eigenvalue weighted by atomic mass is 9.56. The van der Waals surface area contributed by atoms with Crippen molar-refractivity contribution in [3.05, 3.63) is 94.8 Å². The average Bonchev–Trinajstić information content (AvgIpc) is 3.36. The molecule has 230 valence electrons. The monoisotopic (exact) mass is 668 g/mol. The molecular formula is C33H24Cl3FN2O6. The minimum atomic E-state index is -2.11. The molecule has 8 nitrogen and oxygen atoms in total. The van der Waals surface area contributed by atoms with Crippen LogP contribution in [0.15, 0.2) is 78.4 Å². The Morgan fingerprint density at radius 3 is 2.16 bits per heavy atom. The maximum atomic E-state index is 14.4. The van der Waals surface area contributed by atoms with Crippen LogP contribution in [0.25, 0.3) is 0 Å². The van der Waals surface area contributed by atoms with Gasteiger partial charge in [-0.25, -0.2) is 9.29 Å². The number of amides is 4. The highest BCUT2D eigenvalue weighted by atomic mass is 35.5. The molecule has 6 atom stereocenters. The molecule has 0 spiro atoms. The van der Waals surface area contributed by atoms with Gasteiger partial charge >= 0.3 is 0 Å². The van der Waals surface area contributed by atoms with Crippen molar-refractivity contribution in [1.29, 1.82) is 0 Å². The van der Waals surface area contributed by atoms with E-state index in [9.17, 15) is 28.7 Å². The molecular weight excluding hydrogens is 646 g/mol. The lowest BCUT2D eigenvalue weighted by Gasteiger charge is -2.50. The number of aromatic hydroxyl groups is 1. The van der Waals surface area contributed by atoms with Crippen LogP contribution in [0, 0.1) is 23.6 Å². The molecule has 0 radical (unpaired) electrons. The molecule has 2 saturated heterocycles. The Hall–Kier alpha value is -3.92. The number of halogens is 4. The Kier molecular flexibility index (Phi) is 6.82. The number of methoxy groups -OCH3 is 1. The summed E-state index contributed by atoms with van der Waals surface area (Å²) in [7, 11) is 1.39. The Balaban J connectivity index is 1.40. The SMILES string of the molecule is COc1ccc([C@H]2C3=CC[C@@H]4C(=O)N(c5ccc(Cl)cc5)C(=O)[C@@H]4[C@@H]3C[C@@]3(Cl)C(=O)N(c4ccc(F)cc4)C(=O)[C@@]23Cl)cc1O. The number of allylic oxidation sites excluding steroid dienone is 2. The Bertz CT molecular complexity index is 1830. The van der Waals surface area contributed by atoms with E-state index in [1.807, 2.05) is 0 Å². The van der Waals surface area contributed by atoms with Crippen molar-refractivity contribution in [3.8, 4) is 11.5 Å². The van der Waals surface area contributed by atoms with Crippen LogP contribution in [0.5, 0.6) is 11.5 Å². The molecule has 2 aliphatic heterocycles. The number of hydrogen-bond donors (Lipinski definition) is 1. The summed E-state index contributed by atoms with van der Waals surface area (Å²) >= 11 is 20.7. The number of anilines is 2. The molecule has 1 N–H and O–H groups in total. The van der Waals surface area contributed by atoms with E-state index in [0.29, 0.717) is 21.8 Å². The highest BCUT2D eigenvalue weighted by Crippen LogP contribution is 2.66. The van der Waals surface area contributed by atoms with Crippen LogP contribution < -0.4 is 14.5 Å². The molecule has 0 bridgehead atoms. The standard InChI is InChI=1S/C33H24Cl3FN2O6/c1-45-25-13-2-16(14-24(25)40)27-21-11-12-22-26(29(42)38(28(22)41)19-7-3-17(34)4-8-19)23(21)15-32(35)30(43)39(31(44)33(27,32)36)20-9-5-18(37)6-10-20/h2-11,13-14,22-23,26-27,40H,12,15H2,1H3/t22-,23+,26-,27-,32+,33-/m0/s1. The minimum absolute atomic E-state index is 0.0769. The van der Waals surface area contributed by atoms with Crippen molar-refractivity contribution in [3.63, 3.8) is 0 Å². The summed E-state index contributed by atoms with van der Waals surface area (Å²) in [6.45, 7) is 0. The second-order valence-electron chi connectivity index (χ2n) is 11.7. The second kappa shape index (κ2) is 10.3. The minimum Gasteiger partial charge on any atom is -0.504 e. The highest BCUT2D eigenvalue weighted by Gasteiger charge is 2.76. The molecule has 0 unspecified atom stereocenters. The quantitative estimate of drug-likeness (QED) is 0.209. The number of carbonyl (C=O) groups is 4. The van der Waals surface area contributed by atoms with Gasteiger partial charge in [-0.2, -0.15) is 0 Å². The van der Waals surface area contributed by atoms with Crippen LogP contribution in [0.3, 0.4) is 0 Å². The zero-order chi connectivity index (χ0) is 32.0. The van der Waals surface area contributed by atoms with Gasteiger partial charge in [-0.05, 0) is 85.0 Å². The predicted molar refractivity (Wildman–Crippen MR) is 165 cm³/mol. The zero-order valence-electron chi connectivity index (χ0n) is 23.5. The van der Waals surface area contributed by atoms with E-state index in [0.717, 1.165) is 21.9 Å². The van der Waals surface area contributed by atoms with E-state index in [4.69, 9.17) is 39.5 Å². The van der Waals surface area contributed by atoms with Crippen LogP contribution in [0.1, 0.15) is 24.3 Å². The average molecular weight is 670 g/mol. The molecule has 4 amide bonds. The van der Waals surface area contributed by atoms with Crippen LogP contribution in [-0.2, 0) is 19.2 Å². The fraction of sp³-hybridized carbons (Fsp3) is 0.273. The normalized spacial score (nSPS) is 30.6. The third-order valence-electron chi connectivity index (χ3n) is 9.52. The molecule has 3 aromatic carbocycles. The lowest BCUT2D eigenvalue weighted by molar-refractivity contribution is -0.125. The van der Waals surface area contributed by atoms with Gasteiger partial charge in [0, 0.05) is 10.9 Å². The van der Waals surface area contributed by atoms with Gasteiger partial charge < -0.3 is 9.84 Å². The number of rotatable bonds is 4. The summed E-state index contributed by atoms with van der Waals surface area (Å²) < 4.78 is 19.0. The third-order valence-corrected chi connectivity index (χ3v) is 11.2. The Morgan fingerprint density at radius 2 is 1.51 bits per heavy atom. The van der Waals surface area contributed by atoms with Gasteiger partial charge in [0.2, 0.25) is 11.8 Å². The van der Waals surface area contributed by atoms with Crippen molar-refractivity contribution < 1.29 is 33.4 Å². The van der Waals surface area contributed by atoms with Gasteiger partial charge in [-0.15, -0.1) is 23.2 Å². The number of phenols is 1. The number of phenolic OH excluding ortho intramolecular Hbond substituents is 1. The fourth-order valence-electron chi connectivity index (χ4n) is 7.50. The van der Waals surface area contributed by atoms with Crippen molar-refractivity contribution in [2.24, 2.45) is 17.8 Å². The number of imide groups is 2. The predicted octanol–water partition coefficient (Wildman–Crippen LogP) is 5.96. The first-order chi connectivity index (χ1) is 21.4. The van der Waals surface area contributed by atoms with Crippen LogP contribution in [0.2, 0.25) is 5.02 Å². The van der Waals surface area contributed by atoms with E-state index < -0.39 is 62.9 Å². The molecule has 0 aromatic heterocycles. The van der Waals surface area contributed by atoms with Crippen LogP contribution in [-0.4, -0.2) is 45.6 Å². The first kappa shape index (κ1) is 29.8. The first-order valence-corrected chi connectivity index (χ1v) is 15.3. The van der Waals surface area contributed by atoms with Crippen molar-refractivity contribution in [1.82, 2.24) is 0 Å². The molecule has 2 aliphatic carbocycles. The number of benzene rings is 3. The molecule has 12 heteroatoms. The molecule has 3 fully saturated rings. The first-order valence-electron chi connectivity index (χ1n) is 14.1. The largest absolute Gasteiger partial charge is 0.504 e. The van der Waals surface area contributed by atoms with E-state index in [1.165, 1.54) is 31.4 Å². The number of fused-ring (bicyclic) bond motifs is 4. The van der Waals surface area contributed by atoms with E-state index in [1.54, 1.807) is 36.4 Å². The number of nitrogens with zero attached hydrogens (tertiary/aromatic N) is 2. The van der Waals surface area contributed by atoms with E-state index in [-0.39, 0.29) is 30.0 Å². The van der Waals surface area contributed by atoms with E-state index in [2.05, 4.69) is 0 Å². The number of ether oxygens (including phenoxy) is 1. The van der Waals surface area contributed by atoms with Gasteiger partial charge in [0.25, 0.3) is 11.8 Å². The molecule has 1 saturated carbocycles. The smallest absolute Gasteiger partial charge is 0.258 e.